The lowest BCUT2D eigenvalue weighted by molar-refractivity contribution is 0.0337. The summed E-state index contributed by atoms with van der Waals surface area (Å²) in [4.78, 5) is 15.0. The molecule has 2 aromatic rings. The van der Waals surface area contributed by atoms with Gasteiger partial charge < -0.3 is 10.2 Å². The fourth-order valence-corrected chi connectivity index (χ4v) is 4.97. The molecule has 0 bridgehead atoms. The van der Waals surface area contributed by atoms with Gasteiger partial charge in [-0.2, -0.15) is 0 Å². The van der Waals surface area contributed by atoms with Crippen molar-refractivity contribution in [3.63, 3.8) is 0 Å². The number of likely N-dealkylation sites (tertiary alicyclic amines) is 1. The molecule has 1 aliphatic carbocycles. The molecule has 27 heavy (non-hydrogen) atoms. The third-order valence-electron chi connectivity index (χ3n) is 6.34. The summed E-state index contributed by atoms with van der Waals surface area (Å²) in [5, 5.41) is 20.5. The number of aromatic hydroxyl groups is 1. The second kappa shape index (κ2) is 7.10. The molecule has 2 aliphatic rings. The van der Waals surface area contributed by atoms with Gasteiger partial charge in [-0.3, -0.25) is 9.69 Å². The smallest absolute Gasteiger partial charge is 0.179 e. The van der Waals surface area contributed by atoms with Crippen LogP contribution in [0.2, 0.25) is 0 Å². The van der Waals surface area contributed by atoms with E-state index < -0.39 is 5.60 Å². The van der Waals surface area contributed by atoms with Crippen molar-refractivity contribution in [2.24, 2.45) is 11.8 Å². The molecular weight excluding hydrogens is 338 g/mol. The van der Waals surface area contributed by atoms with Crippen LogP contribution in [0, 0.1) is 11.8 Å². The number of ketones is 1. The molecule has 2 N–H and O–H groups in total. The van der Waals surface area contributed by atoms with Crippen molar-refractivity contribution in [2.75, 3.05) is 13.1 Å². The third kappa shape index (κ3) is 3.78. The number of carbonyl (C=O) groups excluding carboxylic acids is 1. The molecule has 1 aliphatic heterocycles. The zero-order chi connectivity index (χ0) is 19.0. The normalized spacial score (nSPS) is 28.8. The first-order valence-electron chi connectivity index (χ1n) is 9.77. The molecule has 0 amide bonds. The highest BCUT2D eigenvalue weighted by atomic mass is 16.3. The van der Waals surface area contributed by atoms with E-state index in [0.29, 0.717) is 23.8 Å². The van der Waals surface area contributed by atoms with Crippen LogP contribution in [0.5, 0.6) is 5.75 Å². The summed E-state index contributed by atoms with van der Waals surface area (Å²) in [6, 6.07) is 16.5. The Balaban J connectivity index is 1.38. The Hall–Kier alpha value is -2.17. The molecule has 1 unspecified atom stereocenters. The number of nitrogens with zero attached hydrogens (tertiary/aromatic N) is 1. The minimum Gasteiger partial charge on any atom is -0.508 e. The molecule has 1 saturated carbocycles. The molecule has 2 aromatic carbocycles. The van der Waals surface area contributed by atoms with Crippen LogP contribution in [0.4, 0.5) is 0 Å². The number of benzene rings is 2. The maximum absolute atomic E-state index is 12.8. The fourth-order valence-electron chi connectivity index (χ4n) is 4.97. The van der Waals surface area contributed by atoms with Crippen LogP contribution in [-0.2, 0) is 6.42 Å². The monoisotopic (exact) mass is 365 g/mol. The van der Waals surface area contributed by atoms with Gasteiger partial charge in [0, 0.05) is 25.1 Å². The summed E-state index contributed by atoms with van der Waals surface area (Å²) in [7, 11) is 0. The predicted octanol–water partition coefficient (Wildman–Crippen LogP) is 3.28. The summed E-state index contributed by atoms with van der Waals surface area (Å²) in [5.74, 6) is 1.17. The van der Waals surface area contributed by atoms with E-state index in [9.17, 15) is 15.0 Å². The molecule has 4 nitrogen and oxygen atoms in total. The third-order valence-corrected chi connectivity index (χ3v) is 6.34. The van der Waals surface area contributed by atoms with Gasteiger partial charge in [0.1, 0.15) is 5.75 Å². The quantitative estimate of drug-likeness (QED) is 0.799. The Morgan fingerprint density at radius 3 is 2.26 bits per heavy atom. The number of rotatable bonds is 5. The Morgan fingerprint density at radius 2 is 1.67 bits per heavy atom. The second-order valence-corrected chi connectivity index (χ2v) is 8.36. The van der Waals surface area contributed by atoms with Crippen molar-refractivity contribution in [3.8, 4) is 5.75 Å². The maximum Gasteiger partial charge on any atom is 0.179 e. The lowest BCUT2D eigenvalue weighted by Crippen LogP contribution is -2.39. The molecule has 0 aromatic heterocycles. The van der Waals surface area contributed by atoms with Crippen molar-refractivity contribution in [1.29, 1.82) is 0 Å². The highest BCUT2D eigenvalue weighted by Gasteiger charge is 2.49. The van der Waals surface area contributed by atoms with Crippen LogP contribution in [0.25, 0.3) is 0 Å². The molecule has 0 spiro atoms. The molecule has 4 rings (SSSR count). The predicted molar refractivity (Wildman–Crippen MR) is 105 cm³/mol. The Labute approximate surface area is 160 Å². The zero-order valence-electron chi connectivity index (χ0n) is 15.7. The van der Waals surface area contributed by atoms with Gasteiger partial charge in [0.05, 0.1) is 11.6 Å². The number of aliphatic hydroxyl groups is 1. The van der Waals surface area contributed by atoms with E-state index in [1.807, 2.05) is 25.1 Å². The van der Waals surface area contributed by atoms with Crippen LogP contribution < -0.4 is 0 Å². The summed E-state index contributed by atoms with van der Waals surface area (Å²) in [5.41, 5.74) is 1.21. The van der Waals surface area contributed by atoms with Gasteiger partial charge in [-0.1, -0.05) is 30.3 Å². The van der Waals surface area contributed by atoms with Gasteiger partial charge >= 0.3 is 0 Å². The van der Waals surface area contributed by atoms with Crippen molar-refractivity contribution < 1.29 is 15.0 Å². The van der Waals surface area contributed by atoms with E-state index in [4.69, 9.17) is 0 Å². The molecule has 4 atom stereocenters. The Morgan fingerprint density at radius 1 is 1.07 bits per heavy atom. The Kier molecular flexibility index (Phi) is 4.79. The minimum atomic E-state index is -0.618. The molecule has 1 saturated heterocycles. The van der Waals surface area contributed by atoms with E-state index in [1.54, 1.807) is 24.3 Å². The molecule has 4 heteroatoms. The maximum atomic E-state index is 12.8. The van der Waals surface area contributed by atoms with Gasteiger partial charge in [0.15, 0.2) is 5.78 Å². The molecular formula is C23H27NO3. The van der Waals surface area contributed by atoms with Gasteiger partial charge in [-0.05, 0) is 61.4 Å². The van der Waals surface area contributed by atoms with Gasteiger partial charge in [0.25, 0.3) is 0 Å². The van der Waals surface area contributed by atoms with E-state index >= 15 is 0 Å². The van der Waals surface area contributed by atoms with Gasteiger partial charge in [-0.25, -0.2) is 0 Å². The average Bonchev–Trinajstić information content (AvgIpc) is 3.16. The number of carbonyl (C=O) groups is 1. The number of Topliss-reactive ketones (excluding diaryl/α,β-unsaturated/α-hetero) is 1. The molecule has 0 radical (unpaired) electrons. The van der Waals surface area contributed by atoms with E-state index in [1.165, 1.54) is 5.56 Å². The van der Waals surface area contributed by atoms with E-state index in [2.05, 4.69) is 17.0 Å². The molecule has 2 fully saturated rings. The topological polar surface area (TPSA) is 60.8 Å². The average molecular weight is 365 g/mol. The first-order valence-corrected chi connectivity index (χ1v) is 9.77. The summed E-state index contributed by atoms with van der Waals surface area (Å²) >= 11 is 0. The lowest BCUT2D eigenvalue weighted by atomic mass is 9.91. The van der Waals surface area contributed by atoms with E-state index in [0.717, 1.165) is 25.9 Å². The van der Waals surface area contributed by atoms with Gasteiger partial charge in [-0.15, -0.1) is 0 Å². The summed E-state index contributed by atoms with van der Waals surface area (Å²) in [6.45, 7) is 3.70. The van der Waals surface area contributed by atoms with Crippen LogP contribution >= 0.6 is 0 Å². The number of hydrogen-bond donors (Lipinski definition) is 2. The zero-order valence-corrected chi connectivity index (χ0v) is 15.7. The van der Waals surface area contributed by atoms with Crippen LogP contribution in [0.1, 0.15) is 35.7 Å². The van der Waals surface area contributed by atoms with Crippen molar-refractivity contribution in [3.05, 3.63) is 65.7 Å². The fraction of sp³-hybridized carbons (Fsp3) is 0.435. The highest BCUT2D eigenvalue weighted by Crippen LogP contribution is 2.45. The van der Waals surface area contributed by atoms with Crippen LogP contribution in [0.3, 0.4) is 0 Å². The van der Waals surface area contributed by atoms with Crippen LogP contribution in [-0.4, -0.2) is 45.6 Å². The number of fused-ring (bicyclic) bond motifs is 1. The van der Waals surface area contributed by atoms with Crippen molar-refractivity contribution in [1.82, 2.24) is 4.90 Å². The first-order chi connectivity index (χ1) is 12.9. The summed E-state index contributed by atoms with van der Waals surface area (Å²) < 4.78 is 0. The minimum absolute atomic E-state index is 0.0921. The number of hydrogen-bond acceptors (Lipinski definition) is 4. The first kappa shape index (κ1) is 18.2. The molecule has 142 valence electrons. The lowest BCUT2D eigenvalue weighted by Gasteiger charge is -2.28. The van der Waals surface area contributed by atoms with Crippen molar-refractivity contribution >= 4 is 5.78 Å². The highest BCUT2D eigenvalue weighted by molar-refractivity contribution is 5.99. The summed E-state index contributed by atoms with van der Waals surface area (Å²) in [6.07, 6.45) is 2.33. The van der Waals surface area contributed by atoms with Crippen LogP contribution in [0.15, 0.2) is 54.6 Å². The second-order valence-electron chi connectivity index (χ2n) is 8.36. The van der Waals surface area contributed by atoms with E-state index in [-0.39, 0.29) is 17.6 Å². The number of phenolic OH excluding ortho intramolecular Hbond substituents is 1. The Bertz CT molecular complexity index is 788. The largest absolute Gasteiger partial charge is 0.508 e. The standard InChI is InChI=1S/C23H27NO3/c1-16(22(26)18-7-9-21(25)10-8-18)24-14-19-12-23(27,13-20(19)15-24)11-17-5-3-2-4-6-17/h2-10,16,19-20,25,27H,11-15H2,1H3/t16?,19-,20+,23-. The number of phenols is 1. The molecule has 1 heterocycles. The van der Waals surface area contributed by atoms with Crippen molar-refractivity contribution in [2.45, 2.75) is 37.8 Å². The van der Waals surface area contributed by atoms with Gasteiger partial charge in [0.2, 0.25) is 0 Å². The SMILES string of the molecule is CC(C(=O)c1ccc(O)cc1)N1C[C@@H]2C[C@@](O)(Cc3ccccc3)C[C@@H]2C1.